The quantitative estimate of drug-likeness (QED) is 0.0931. The van der Waals surface area contributed by atoms with Gasteiger partial charge in [-0.3, -0.25) is 0 Å². The molecule has 1 aromatic carbocycles. The molecule has 8 nitrogen and oxygen atoms in total. The molecule has 0 radical (unpaired) electrons. The van der Waals surface area contributed by atoms with Crippen molar-refractivity contribution >= 4 is 34.8 Å². The molecule has 0 aliphatic rings. The van der Waals surface area contributed by atoms with Gasteiger partial charge in [0.2, 0.25) is 5.28 Å². The average Bonchev–Trinajstić information content (AvgIpc) is 2.88. The molecule has 210 valence electrons. The second kappa shape index (κ2) is 18.3. The van der Waals surface area contributed by atoms with Crippen LogP contribution in [0, 0.1) is 11.8 Å². The third kappa shape index (κ3) is 11.6. The van der Waals surface area contributed by atoms with Gasteiger partial charge in [-0.2, -0.15) is 0 Å². The Hall–Kier alpha value is -3.00. The Morgan fingerprint density at radius 2 is 1.47 bits per heavy atom. The number of anilines is 1. The number of hydrogen-bond donors (Lipinski definition) is 3. The highest BCUT2D eigenvalue weighted by molar-refractivity contribution is 6.28. The van der Waals surface area contributed by atoms with Gasteiger partial charge in [-0.1, -0.05) is 85.1 Å². The predicted molar refractivity (Wildman–Crippen MR) is 153 cm³/mol. The second-order valence-corrected chi connectivity index (χ2v) is 9.87. The van der Waals surface area contributed by atoms with Crippen LogP contribution < -0.4 is 5.73 Å². The van der Waals surface area contributed by atoms with Crippen LogP contribution in [-0.2, 0) is 16.0 Å². The van der Waals surface area contributed by atoms with Gasteiger partial charge in [-0.25, -0.2) is 24.5 Å². The molecule has 0 aliphatic heterocycles. The predicted octanol–water partition coefficient (Wildman–Crippen LogP) is 7.08. The van der Waals surface area contributed by atoms with E-state index in [0.29, 0.717) is 23.6 Å². The van der Waals surface area contributed by atoms with Crippen molar-refractivity contribution in [3.63, 3.8) is 0 Å². The fraction of sp³-hybridized carbons (Fsp3) is 0.552. The van der Waals surface area contributed by atoms with E-state index in [1.165, 1.54) is 12.7 Å². The van der Waals surface area contributed by atoms with E-state index in [0.717, 1.165) is 68.9 Å². The molecule has 0 fully saturated rings. The maximum atomic E-state index is 12.0. The zero-order valence-electron chi connectivity index (χ0n) is 23.1. The molecule has 0 aliphatic carbocycles. The number of hydrogen-bond acceptors (Lipinski definition) is 6. The Labute approximate surface area is 231 Å². The van der Waals surface area contributed by atoms with Gasteiger partial charge >= 0.3 is 11.9 Å². The lowest BCUT2D eigenvalue weighted by Crippen LogP contribution is -2.17. The minimum Gasteiger partial charge on any atom is -0.477 e. The largest absolute Gasteiger partial charge is 0.477 e. The lowest BCUT2D eigenvalue weighted by atomic mass is 9.82. The van der Waals surface area contributed by atoms with Crippen LogP contribution in [0.15, 0.2) is 36.4 Å². The first-order chi connectivity index (χ1) is 18.2. The number of benzene rings is 1. The van der Waals surface area contributed by atoms with Gasteiger partial charge in [-0.15, -0.1) is 0 Å². The van der Waals surface area contributed by atoms with Gasteiger partial charge in [0.15, 0.2) is 0 Å². The maximum Gasteiger partial charge on any atom is 0.343 e. The van der Waals surface area contributed by atoms with Gasteiger partial charge < -0.3 is 15.9 Å². The molecule has 0 saturated heterocycles. The lowest BCUT2D eigenvalue weighted by Gasteiger charge is -2.23. The number of aromatic nitrogens is 3. The number of allylic oxidation sites excluding steroid dienone is 1. The number of aliphatic carboxylic acids is 2. The summed E-state index contributed by atoms with van der Waals surface area (Å²) in [4.78, 5) is 34.5. The molecule has 1 heterocycles. The summed E-state index contributed by atoms with van der Waals surface area (Å²) in [6, 6.07) is 5.48. The van der Waals surface area contributed by atoms with Crippen molar-refractivity contribution < 1.29 is 19.8 Å². The van der Waals surface area contributed by atoms with Crippen LogP contribution in [-0.4, -0.2) is 37.1 Å². The van der Waals surface area contributed by atoms with Crippen LogP contribution in [0.5, 0.6) is 0 Å². The number of nitrogens with zero attached hydrogens (tertiary/aromatic N) is 3. The molecular formula is C29H43ClN4O4. The topological polar surface area (TPSA) is 139 Å². The Morgan fingerprint density at radius 1 is 0.921 bits per heavy atom. The zero-order chi connectivity index (χ0) is 28.5. The van der Waals surface area contributed by atoms with E-state index in [-0.39, 0.29) is 11.2 Å². The lowest BCUT2D eigenvalue weighted by molar-refractivity contribution is -0.140. The van der Waals surface area contributed by atoms with E-state index < -0.39 is 17.5 Å². The molecule has 9 heteroatoms. The maximum absolute atomic E-state index is 12.0. The summed E-state index contributed by atoms with van der Waals surface area (Å²) in [5.74, 6) is -2.06. The third-order valence-corrected chi connectivity index (χ3v) is 6.93. The van der Waals surface area contributed by atoms with Crippen molar-refractivity contribution in [2.75, 3.05) is 5.73 Å². The summed E-state index contributed by atoms with van der Waals surface area (Å²) in [5.41, 5.74) is 8.32. The van der Waals surface area contributed by atoms with Crippen LogP contribution in [0.3, 0.4) is 0 Å². The van der Waals surface area contributed by atoms with Crippen LogP contribution in [0.1, 0.15) is 96.6 Å². The first-order valence-electron chi connectivity index (χ1n) is 13.5. The second-order valence-electron chi connectivity index (χ2n) is 9.53. The Balaban J connectivity index is 0.000000884. The van der Waals surface area contributed by atoms with E-state index in [1.807, 2.05) is 12.1 Å². The number of carboxylic acid groups (broad SMARTS) is 2. The molecule has 2 unspecified atom stereocenters. The van der Waals surface area contributed by atoms with Crippen LogP contribution in [0.25, 0.3) is 5.57 Å². The summed E-state index contributed by atoms with van der Waals surface area (Å²) < 4.78 is 0. The Kier molecular flexibility index (Phi) is 15.9. The van der Waals surface area contributed by atoms with Gasteiger partial charge in [0.25, 0.3) is 0 Å². The minimum absolute atomic E-state index is 0.231. The van der Waals surface area contributed by atoms with Crippen LogP contribution >= 0.6 is 11.6 Å². The molecule has 0 amide bonds. The van der Waals surface area contributed by atoms with Crippen molar-refractivity contribution in [3.05, 3.63) is 52.8 Å². The van der Waals surface area contributed by atoms with Gasteiger partial charge in [0.1, 0.15) is 18.2 Å². The SMILES string of the molecule is CCCCC(CC)CC(=C(C(=O)O)C(=O)O)c1ccc(N)cc1CC(CC)CCCC.Clc1ncncn1. The van der Waals surface area contributed by atoms with E-state index in [9.17, 15) is 19.8 Å². The zero-order valence-corrected chi connectivity index (χ0v) is 23.9. The van der Waals surface area contributed by atoms with Crippen molar-refractivity contribution in [3.8, 4) is 0 Å². The van der Waals surface area contributed by atoms with Gasteiger partial charge in [-0.05, 0) is 65.1 Å². The molecule has 2 aromatic rings. The van der Waals surface area contributed by atoms with E-state index in [2.05, 4.69) is 42.6 Å². The van der Waals surface area contributed by atoms with Gasteiger partial charge in [0, 0.05) is 5.69 Å². The first-order valence-corrected chi connectivity index (χ1v) is 13.9. The molecule has 0 spiro atoms. The van der Waals surface area contributed by atoms with Crippen molar-refractivity contribution in [1.29, 1.82) is 0 Å². The molecule has 2 atom stereocenters. The fourth-order valence-corrected chi connectivity index (χ4v) is 4.57. The summed E-state index contributed by atoms with van der Waals surface area (Å²) >= 11 is 5.28. The van der Waals surface area contributed by atoms with Crippen LogP contribution in [0.2, 0.25) is 5.28 Å². The number of nitrogens with two attached hydrogens (primary N) is 1. The third-order valence-electron chi connectivity index (χ3n) is 6.73. The molecule has 4 N–H and O–H groups in total. The molecule has 2 rings (SSSR count). The number of carbonyl (C=O) groups is 2. The minimum atomic E-state index is -1.38. The number of unbranched alkanes of at least 4 members (excludes halogenated alkanes) is 2. The monoisotopic (exact) mass is 546 g/mol. The normalized spacial score (nSPS) is 12.1. The standard InChI is InChI=1S/C26H41NO4.C3H2ClN3/c1-5-9-11-18(7-3)15-20-17-21(27)13-14-22(20)23(24(25(28)29)26(30)31)16-19(8-4)12-10-6-2;4-3-6-1-5-2-7-3/h13-14,17-19H,5-12,15-16,27H2,1-4H3,(H,28,29)(H,30,31);1-2H. The highest BCUT2D eigenvalue weighted by Crippen LogP contribution is 2.35. The van der Waals surface area contributed by atoms with E-state index >= 15 is 0 Å². The average molecular weight is 547 g/mol. The molecule has 0 bridgehead atoms. The summed E-state index contributed by atoms with van der Waals surface area (Å²) in [7, 11) is 0. The first kappa shape index (κ1) is 33.0. The number of carboxylic acids is 2. The van der Waals surface area contributed by atoms with E-state index in [1.54, 1.807) is 6.07 Å². The van der Waals surface area contributed by atoms with Crippen molar-refractivity contribution in [2.24, 2.45) is 11.8 Å². The van der Waals surface area contributed by atoms with Gasteiger partial charge in [0.05, 0.1) is 0 Å². The number of halogens is 1. The summed E-state index contributed by atoms with van der Waals surface area (Å²) in [6.07, 6.45) is 12.2. The van der Waals surface area contributed by atoms with E-state index in [4.69, 9.17) is 17.3 Å². The Morgan fingerprint density at radius 3 is 1.92 bits per heavy atom. The smallest absolute Gasteiger partial charge is 0.343 e. The fourth-order valence-electron chi connectivity index (χ4n) is 4.48. The summed E-state index contributed by atoms with van der Waals surface area (Å²) in [5, 5.41) is 19.8. The molecule has 1 aromatic heterocycles. The Bertz CT molecular complexity index is 1010. The van der Waals surface area contributed by atoms with Crippen molar-refractivity contribution in [2.45, 2.75) is 91.9 Å². The highest BCUT2D eigenvalue weighted by atomic mass is 35.5. The highest BCUT2D eigenvalue weighted by Gasteiger charge is 2.27. The molecule has 38 heavy (non-hydrogen) atoms. The van der Waals surface area contributed by atoms with Crippen molar-refractivity contribution in [1.82, 2.24) is 15.0 Å². The summed E-state index contributed by atoms with van der Waals surface area (Å²) in [6.45, 7) is 8.55. The van der Waals surface area contributed by atoms with Crippen LogP contribution in [0.4, 0.5) is 5.69 Å². The number of nitrogen functional groups attached to an aromatic ring is 1. The number of rotatable bonds is 15. The molecular weight excluding hydrogens is 504 g/mol. The molecule has 0 saturated carbocycles.